The van der Waals surface area contributed by atoms with Crippen molar-refractivity contribution >= 4 is 5.96 Å². The molecule has 3 aliphatic rings. The third kappa shape index (κ3) is 3.11. The Hall–Kier alpha value is -1.95. The third-order valence-corrected chi connectivity index (χ3v) is 7.06. The van der Waals surface area contributed by atoms with E-state index in [1.807, 2.05) is 25.2 Å². The molecule has 2 saturated carbocycles. The van der Waals surface area contributed by atoms with E-state index in [0.717, 1.165) is 36.0 Å². The monoisotopic (exact) mass is 387 g/mol. The van der Waals surface area contributed by atoms with Crippen LogP contribution in [0.15, 0.2) is 23.2 Å². The molecule has 1 saturated heterocycles. The molecule has 4 unspecified atom stereocenters. The minimum absolute atomic E-state index is 0.0338. The number of ether oxygens (including phenoxy) is 3. The van der Waals surface area contributed by atoms with Crippen molar-refractivity contribution in [1.29, 1.82) is 0 Å². The van der Waals surface area contributed by atoms with E-state index in [1.165, 1.54) is 25.7 Å². The Morgan fingerprint density at radius 3 is 2.71 bits per heavy atom. The minimum Gasteiger partial charge on any atom is -0.497 e. The van der Waals surface area contributed by atoms with Crippen molar-refractivity contribution in [3.63, 3.8) is 0 Å². The van der Waals surface area contributed by atoms with Crippen molar-refractivity contribution in [2.75, 3.05) is 27.9 Å². The molecule has 0 bridgehead atoms. The molecule has 0 radical (unpaired) electrons. The van der Waals surface area contributed by atoms with Crippen molar-refractivity contribution in [3.05, 3.63) is 23.8 Å². The van der Waals surface area contributed by atoms with Crippen LogP contribution in [0.5, 0.6) is 11.5 Å². The van der Waals surface area contributed by atoms with Crippen LogP contribution in [0, 0.1) is 11.3 Å². The van der Waals surface area contributed by atoms with Gasteiger partial charge in [-0.2, -0.15) is 0 Å². The van der Waals surface area contributed by atoms with Gasteiger partial charge in [-0.1, -0.05) is 12.8 Å². The number of rotatable bonds is 5. The van der Waals surface area contributed by atoms with Crippen molar-refractivity contribution in [3.8, 4) is 11.5 Å². The summed E-state index contributed by atoms with van der Waals surface area (Å²) in [5.41, 5.74) is 1.35. The third-order valence-electron chi connectivity index (χ3n) is 7.06. The molecule has 4 atom stereocenters. The number of aliphatic imine (C=N–C) groups is 1. The average molecular weight is 388 g/mol. The summed E-state index contributed by atoms with van der Waals surface area (Å²) in [6, 6.07) is 6.37. The average Bonchev–Trinajstić information content (AvgIpc) is 3.39. The van der Waals surface area contributed by atoms with Gasteiger partial charge in [-0.25, -0.2) is 0 Å². The SMILES string of the molecule is CN=C(NC(C)c1cc(OC)ccc1OC)NC1C2CCOC2C12CCCC2. The van der Waals surface area contributed by atoms with Gasteiger partial charge >= 0.3 is 0 Å². The molecule has 6 heteroatoms. The summed E-state index contributed by atoms with van der Waals surface area (Å²) >= 11 is 0. The molecule has 1 spiro atoms. The summed E-state index contributed by atoms with van der Waals surface area (Å²) in [5, 5.41) is 7.32. The van der Waals surface area contributed by atoms with Gasteiger partial charge in [0.1, 0.15) is 11.5 Å². The second-order valence-electron chi connectivity index (χ2n) is 8.35. The summed E-state index contributed by atoms with van der Waals surface area (Å²) in [5.74, 6) is 3.12. The predicted molar refractivity (Wildman–Crippen MR) is 110 cm³/mol. The number of guanidine groups is 1. The normalized spacial score (nSPS) is 29.1. The van der Waals surface area contributed by atoms with Gasteiger partial charge in [0.2, 0.25) is 0 Å². The second-order valence-corrected chi connectivity index (χ2v) is 8.35. The molecule has 154 valence electrons. The largest absolute Gasteiger partial charge is 0.497 e. The van der Waals surface area contributed by atoms with E-state index in [0.29, 0.717) is 23.5 Å². The Balaban J connectivity index is 1.48. The van der Waals surface area contributed by atoms with E-state index in [2.05, 4.69) is 22.5 Å². The van der Waals surface area contributed by atoms with Crippen LogP contribution in [0.3, 0.4) is 0 Å². The lowest BCUT2D eigenvalue weighted by molar-refractivity contribution is -0.125. The maximum absolute atomic E-state index is 6.11. The zero-order valence-electron chi connectivity index (χ0n) is 17.5. The molecule has 2 aliphatic carbocycles. The Morgan fingerprint density at radius 1 is 1.25 bits per heavy atom. The Labute approximate surface area is 168 Å². The van der Waals surface area contributed by atoms with Gasteiger partial charge in [0.15, 0.2) is 5.96 Å². The van der Waals surface area contributed by atoms with Gasteiger partial charge in [-0.15, -0.1) is 0 Å². The van der Waals surface area contributed by atoms with Crippen LogP contribution >= 0.6 is 0 Å². The fourth-order valence-electron chi connectivity index (χ4n) is 5.68. The van der Waals surface area contributed by atoms with Crippen LogP contribution < -0.4 is 20.1 Å². The van der Waals surface area contributed by atoms with Crippen molar-refractivity contribution in [1.82, 2.24) is 10.6 Å². The molecule has 1 heterocycles. The second kappa shape index (κ2) is 7.82. The molecule has 0 amide bonds. The molecule has 3 fully saturated rings. The van der Waals surface area contributed by atoms with Crippen LogP contribution in [0.25, 0.3) is 0 Å². The maximum Gasteiger partial charge on any atom is 0.191 e. The highest BCUT2D eigenvalue weighted by Crippen LogP contribution is 2.60. The number of fused-ring (bicyclic) bond motifs is 2. The Bertz CT molecular complexity index is 730. The zero-order chi connectivity index (χ0) is 19.7. The number of nitrogens with zero attached hydrogens (tertiary/aromatic N) is 1. The van der Waals surface area contributed by atoms with Crippen LogP contribution in [0.2, 0.25) is 0 Å². The van der Waals surface area contributed by atoms with E-state index in [1.54, 1.807) is 14.2 Å². The lowest BCUT2D eigenvalue weighted by Crippen LogP contribution is -2.69. The van der Waals surface area contributed by atoms with Gasteiger partial charge in [0.25, 0.3) is 0 Å². The van der Waals surface area contributed by atoms with E-state index in [4.69, 9.17) is 14.2 Å². The first-order chi connectivity index (χ1) is 13.6. The summed E-state index contributed by atoms with van der Waals surface area (Å²) in [7, 11) is 5.22. The molecular formula is C22H33N3O3. The highest BCUT2D eigenvalue weighted by atomic mass is 16.5. The summed E-state index contributed by atoms with van der Waals surface area (Å²) < 4.78 is 17.1. The van der Waals surface area contributed by atoms with Gasteiger partial charge in [-0.3, -0.25) is 4.99 Å². The number of hydrogen-bond donors (Lipinski definition) is 2. The molecular weight excluding hydrogens is 354 g/mol. The van der Waals surface area contributed by atoms with Crippen LogP contribution in [0.1, 0.15) is 50.6 Å². The summed E-state index contributed by atoms with van der Waals surface area (Å²) in [6.07, 6.45) is 6.76. The molecule has 28 heavy (non-hydrogen) atoms. The zero-order valence-corrected chi connectivity index (χ0v) is 17.5. The highest BCUT2D eigenvalue weighted by Gasteiger charge is 2.65. The maximum atomic E-state index is 6.11. The van der Waals surface area contributed by atoms with E-state index < -0.39 is 0 Å². The van der Waals surface area contributed by atoms with Gasteiger partial charge in [0.05, 0.1) is 26.4 Å². The van der Waals surface area contributed by atoms with Gasteiger partial charge in [0, 0.05) is 36.6 Å². The first-order valence-corrected chi connectivity index (χ1v) is 10.5. The van der Waals surface area contributed by atoms with Gasteiger partial charge in [-0.05, 0) is 44.4 Å². The molecule has 1 aliphatic heterocycles. The molecule has 0 aromatic heterocycles. The smallest absolute Gasteiger partial charge is 0.191 e. The first kappa shape index (κ1) is 19.4. The lowest BCUT2D eigenvalue weighted by Gasteiger charge is -2.57. The molecule has 2 N–H and O–H groups in total. The molecule has 1 aromatic carbocycles. The Morgan fingerprint density at radius 2 is 2.04 bits per heavy atom. The number of nitrogens with one attached hydrogen (secondary N) is 2. The van der Waals surface area contributed by atoms with Crippen molar-refractivity contribution in [2.24, 2.45) is 16.3 Å². The van der Waals surface area contributed by atoms with Crippen LogP contribution in [0.4, 0.5) is 0 Å². The van der Waals surface area contributed by atoms with Gasteiger partial charge < -0.3 is 24.8 Å². The van der Waals surface area contributed by atoms with E-state index in [-0.39, 0.29) is 6.04 Å². The van der Waals surface area contributed by atoms with Crippen LogP contribution in [-0.2, 0) is 4.74 Å². The minimum atomic E-state index is 0.0338. The van der Waals surface area contributed by atoms with Crippen molar-refractivity contribution < 1.29 is 14.2 Å². The fourth-order valence-corrected chi connectivity index (χ4v) is 5.68. The molecule has 4 rings (SSSR count). The van der Waals surface area contributed by atoms with E-state index in [9.17, 15) is 0 Å². The number of benzene rings is 1. The standard InChI is InChI=1S/C22H33N3O3/c1-14(17-13-15(26-3)7-8-18(17)27-4)24-21(23-2)25-19-16-9-12-28-20(16)22(19)10-5-6-11-22/h7-8,13-14,16,19-20H,5-6,9-12H2,1-4H3,(H2,23,24,25). The molecule has 1 aromatic rings. The quantitative estimate of drug-likeness (QED) is 0.600. The number of hydrogen-bond acceptors (Lipinski definition) is 4. The topological polar surface area (TPSA) is 64.1 Å². The number of methoxy groups -OCH3 is 2. The predicted octanol–water partition coefficient (Wildman–Crippen LogP) is 3.28. The fraction of sp³-hybridized carbons (Fsp3) is 0.682. The highest BCUT2D eigenvalue weighted by molar-refractivity contribution is 5.81. The first-order valence-electron chi connectivity index (χ1n) is 10.5. The lowest BCUT2D eigenvalue weighted by atomic mass is 9.54. The van der Waals surface area contributed by atoms with Crippen molar-refractivity contribution in [2.45, 2.75) is 57.2 Å². The molecule has 6 nitrogen and oxygen atoms in total. The Kier molecular flexibility index (Phi) is 5.41. The van der Waals surface area contributed by atoms with E-state index >= 15 is 0 Å². The van der Waals surface area contributed by atoms with Crippen LogP contribution in [-0.4, -0.2) is 46.0 Å². The summed E-state index contributed by atoms with van der Waals surface area (Å²) in [6.45, 7) is 3.02. The summed E-state index contributed by atoms with van der Waals surface area (Å²) in [4.78, 5) is 4.52.